The molecule has 103 heavy (non-hydrogen) atoms. The van der Waals surface area contributed by atoms with Gasteiger partial charge in [0.15, 0.2) is 0 Å². The minimum Gasteiger partial charge on any atom is -0.0871 e. The Balaban J connectivity index is 1.01. The van der Waals surface area contributed by atoms with Crippen LogP contribution in [0.1, 0.15) is 320 Å². The normalized spacial score (nSPS) is 21.3. The Hall–Kier alpha value is -6.76. The van der Waals surface area contributed by atoms with Crippen LogP contribution in [0.25, 0.3) is 85.0 Å². The van der Waals surface area contributed by atoms with Gasteiger partial charge in [0.05, 0.1) is 0 Å². The first-order valence-electron chi connectivity index (χ1n) is 42.3. The van der Waals surface area contributed by atoms with Crippen LogP contribution in [-0.4, -0.2) is 0 Å². The molecular formula is C103H132. The third-order valence-corrected chi connectivity index (χ3v) is 27.6. The molecule has 4 aliphatic rings. The standard InChI is InChI=1S/C103H132/c1-18-29-34-75(27-10)67-103(68-76(28-11)35-30-19-2)93-54-79(43-42-78-40-38-77(33-20-3)39-41-78)44-49-85(93)86-50-45-82(57-96(86)103)80-46-51-87-88-52-47-81(56-95(88)101(94(87)55-80,63-71(14)23-6)64-72(15)24-7)83-48-53-89-91-60-98-90(59-99(91)102(97(89)58-83,65-73(16)25-8)66-74(17)26-9)84-36-31-32-37-92(84)100(98,61-69(12)21-4)62-70(13)22-5/h20,31-33,36-60,69-76H,18-19,21-30,34-35,61-68H2,1-17H3/b33-20+,43-42+. The minimum absolute atomic E-state index is 0.00806. The summed E-state index contributed by atoms with van der Waals surface area (Å²) in [6.45, 7) is 41.7. The molecule has 0 nitrogen and oxygen atoms in total. The van der Waals surface area contributed by atoms with Crippen molar-refractivity contribution in [3.8, 4) is 66.8 Å². The Morgan fingerprint density at radius 3 is 0.893 bits per heavy atom. The van der Waals surface area contributed by atoms with E-state index in [1.54, 1.807) is 44.5 Å². The molecule has 0 heteroatoms. The first-order valence-corrected chi connectivity index (χ1v) is 42.3. The fraction of sp³-hybridized carbons (Fsp3) is 0.495. The molecule has 544 valence electrons. The zero-order valence-corrected chi connectivity index (χ0v) is 67.4. The number of rotatable bonds is 35. The summed E-state index contributed by atoms with van der Waals surface area (Å²) in [6, 6.07) is 63.4. The molecule has 0 heterocycles. The Kier molecular flexibility index (Phi) is 24.0. The molecule has 0 radical (unpaired) electrons. The molecule has 8 atom stereocenters. The van der Waals surface area contributed by atoms with Gasteiger partial charge in [0, 0.05) is 21.7 Å². The highest BCUT2D eigenvalue weighted by Gasteiger charge is 2.52. The summed E-state index contributed by atoms with van der Waals surface area (Å²) in [5.41, 5.74) is 33.5. The molecule has 0 aliphatic heterocycles. The summed E-state index contributed by atoms with van der Waals surface area (Å²) in [5, 5.41) is 0. The molecule has 0 saturated carbocycles. The van der Waals surface area contributed by atoms with Crippen molar-refractivity contribution in [2.45, 2.75) is 281 Å². The molecule has 8 aromatic carbocycles. The number of hydrogen-bond acceptors (Lipinski definition) is 0. The van der Waals surface area contributed by atoms with E-state index in [9.17, 15) is 0 Å². The van der Waals surface area contributed by atoms with Crippen LogP contribution in [0, 0.1) is 47.3 Å². The summed E-state index contributed by atoms with van der Waals surface area (Å²) in [7, 11) is 0. The lowest BCUT2D eigenvalue weighted by molar-refractivity contribution is 0.266. The van der Waals surface area contributed by atoms with Crippen molar-refractivity contribution < 1.29 is 0 Å². The van der Waals surface area contributed by atoms with E-state index < -0.39 is 0 Å². The molecule has 0 amide bonds. The molecule has 0 bridgehead atoms. The fourth-order valence-corrected chi connectivity index (χ4v) is 20.8. The zero-order chi connectivity index (χ0) is 73.0. The van der Waals surface area contributed by atoms with Gasteiger partial charge >= 0.3 is 0 Å². The Morgan fingerprint density at radius 2 is 0.544 bits per heavy atom. The zero-order valence-electron chi connectivity index (χ0n) is 67.4. The van der Waals surface area contributed by atoms with Gasteiger partial charge in [-0.25, -0.2) is 0 Å². The van der Waals surface area contributed by atoms with Gasteiger partial charge < -0.3 is 0 Å². The Morgan fingerprint density at radius 1 is 0.262 bits per heavy atom. The van der Waals surface area contributed by atoms with Gasteiger partial charge in [-0.2, -0.15) is 0 Å². The SMILES string of the molecule is C/C=C/c1ccc(/C=C/c2ccc3c(c2)C(CC(CC)CCCC)(CC(CC)CCCC)c2cc(-c4ccc5c(c4)C(CC(C)CC)(CC(C)CC)c4cc(-c6ccc7c(c6)C(CC(C)CC)(CC(C)CC)c6cc8c(cc6-7)C(CC(C)CC)(CC(C)CC)c6ccccc6-8)ccc4-5)ccc2-3)cc1. The molecule has 0 saturated heterocycles. The molecule has 0 N–H and O–H groups in total. The largest absolute Gasteiger partial charge is 0.0871 e. The van der Waals surface area contributed by atoms with Gasteiger partial charge in [-0.05, 0) is 270 Å². The van der Waals surface area contributed by atoms with E-state index in [-0.39, 0.29) is 21.7 Å². The quantitative estimate of drug-likeness (QED) is 0.0347. The predicted molar refractivity (Wildman–Crippen MR) is 453 cm³/mol. The number of fused-ring (bicyclic) bond motifs is 12. The Bertz CT molecular complexity index is 4230. The van der Waals surface area contributed by atoms with Crippen LogP contribution in [0.4, 0.5) is 0 Å². The maximum absolute atomic E-state index is 2.80. The van der Waals surface area contributed by atoms with E-state index in [0.717, 1.165) is 25.7 Å². The minimum atomic E-state index is -0.143. The molecule has 8 unspecified atom stereocenters. The highest BCUT2D eigenvalue weighted by Crippen LogP contribution is 2.64. The summed E-state index contributed by atoms with van der Waals surface area (Å²) < 4.78 is 0. The summed E-state index contributed by atoms with van der Waals surface area (Å²) in [5.74, 6) is 4.81. The first-order chi connectivity index (χ1) is 49.9. The molecular weight excluding hydrogens is 1240 g/mol. The molecule has 12 rings (SSSR count). The van der Waals surface area contributed by atoms with Crippen molar-refractivity contribution >= 4 is 18.2 Å². The monoisotopic (exact) mass is 1370 g/mol. The lowest BCUT2D eigenvalue weighted by atomic mass is 9.64. The van der Waals surface area contributed by atoms with Crippen molar-refractivity contribution in [2.24, 2.45) is 47.3 Å². The number of allylic oxidation sites excluding steroid dienone is 1. The van der Waals surface area contributed by atoms with Gasteiger partial charge in [-0.15, -0.1) is 0 Å². The van der Waals surface area contributed by atoms with Crippen molar-refractivity contribution in [3.05, 3.63) is 219 Å². The fourth-order valence-electron chi connectivity index (χ4n) is 20.8. The average Bonchev–Trinajstić information content (AvgIpc) is 1.54. The summed E-state index contributed by atoms with van der Waals surface area (Å²) in [4.78, 5) is 0. The van der Waals surface area contributed by atoms with Gasteiger partial charge in [0.1, 0.15) is 0 Å². The van der Waals surface area contributed by atoms with Crippen LogP contribution in [0.5, 0.6) is 0 Å². The van der Waals surface area contributed by atoms with E-state index in [2.05, 4.69) is 294 Å². The van der Waals surface area contributed by atoms with E-state index in [0.29, 0.717) is 47.3 Å². The maximum atomic E-state index is 2.80. The second-order valence-electron chi connectivity index (χ2n) is 34.7. The van der Waals surface area contributed by atoms with E-state index >= 15 is 0 Å². The third-order valence-electron chi connectivity index (χ3n) is 27.6. The van der Waals surface area contributed by atoms with Crippen LogP contribution in [0.2, 0.25) is 0 Å². The van der Waals surface area contributed by atoms with E-state index in [1.807, 2.05) is 0 Å². The van der Waals surface area contributed by atoms with Crippen molar-refractivity contribution in [2.75, 3.05) is 0 Å². The molecule has 0 fully saturated rings. The average molecular weight is 1370 g/mol. The summed E-state index contributed by atoms with van der Waals surface area (Å²) >= 11 is 0. The van der Waals surface area contributed by atoms with E-state index in [4.69, 9.17) is 0 Å². The highest BCUT2D eigenvalue weighted by atomic mass is 14.5. The molecule has 4 aliphatic carbocycles. The molecule has 8 aromatic rings. The van der Waals surface area contributed by atoms with Crippen molar-refractivity contribution in [3.63, 3.8) is 0 Å². The summed E-state index contributed by atoms with van der Waals surface area (Å²) in [6.07, 6.45) is 35.6. The van der Waals surface area contributed by atoms with Crippen molar-refractivity contribution in [1.29, 1.82) is 0 Å². The third kappa shape index (κ3) is 14.5. The second-order valence-corrected chi connectivity index (χ2v) is 34.7. The Labute approximate surface area is 628 Å². The lowest BCUT2D eigenvalue weighted by Crippen LogP contribution is -2.31. The second kappa shape index (κ2) is 32.5. The van der Waals surface area contributed by atoms with Gasteiger partial charge in [0.2, 0.25) is 0 Å². The topological polar surface area (TPSA) is 0 Å². The van der Waals surface area contributed by atoms with Crippen LogP contribution >= 0.6 is 0 Å². The smallest absolute Gasteiger partial charge is 0.0220 e. The number of benzene rings is 8. The van der Waals surface area contributed by atoms with Crippen LogP contribution in [-0.2, 0) is 21.7 Å². The first kappa shape index (κ1) is 75.9. The van der Waals surface area contributed by atoms with Crippen molar-refractivity contribution in [1.82, 2.24) is 0 Å². The molecule has 0 aromatic heterocycles. The van der Waals surface area contributed by atoms with Gasteiger partial charge in [0.25, 0.3) is 0 Å². The van der Waals surface area contributed by atoms with Gasteiger partial charge in [-0.3, -0.25) is 0 Å². The predicted octanol–water partition coefficient (Wildman–Crippen LogP) is 31.1. The lowest BCUT2D eigenvalue weighted by Gasteiger charge is -2.39. The highest BCUT2D eigenvalue weighted by molar-refractivity contribution is 5.93. The number of unbranched alkanes of at least 4 members (excludes halogenated alkanes) is 2. The van der Waals surface area contributed by atoms with E-state index in [1.165, 1.54) is 199 Å². The van der Waals surface area contributed by atoms with Crippen LogP contribution in [0.15, 0.2) is 158 Å². The van der Waals surface area contributed by atoms with Gasteiger partial charge in [-0.1, -0.05) is 340 Å². The van der Waals surface area contributed by atoms with Crippen LogP contribution in [0.3, 0.4) is 0 Å². The number of hydrogen-bond donors (Lipinski definition) is 0. The molecule has 0 spiro atoms. The van der Waals surface area contributed by atoms with Crippen LogP contribution < -0.4 is 0 Å². The maximum Gasteiger partial charge on any atom is 0.0220 e.